The Kier molecular flexibility index (Phi) is 3.84. The van der Waals surface area contributed by atoms with E-state index in [9.17, 15) is 0 Å². The molecule has 0 fully saturated rings. The lowest BCUT2D eigenvalue weighted by Gasteiger charge is -2.07. The van der Waals surface area contributed by atoms with E-state index < -0.39 is 0 Å². The molecule has 5 aromatic rings. The van der Waals surface area contributed by atoms with E-state index in [1.54, 1.807) is 0 Å². The van der Waals surface area contributed by atoms with Gasteiger partial charge in [0.1, 0.15) is 0 Å². The van der Waals surface area contributed by atoms with Gasteiger partial charge in [-0.1, -0.05) is 78.9 Å². The molecule has 0 atom stereocenters. The van der Waals surface area contributed by atoms with Gasteiger partial charge < -0.3 is 0 Å². The molecule has 0 aliphatic rings. The fourth-order valence-electron chi connectivity index (χ4n) is 3.61. The molecule has 1 N–H and O–H groups in total. The Labute approximate surface area is 162 Å². The van der Waals surface area contributed by atoms with Crippen LogP contribution < -0.4 is 0 Å². The van der Waals surface area contributed by atoms with Crippen molar-refractivity contribution in [3.05, 3.63) is 108 Å². The normalized spacial score (nSPS) is 11.1. The monoisotopic (exact) mass is 363 g/mol. The molecule has 128 valence electrons. The zero-order valence-corrected chi connectivity index (χ0v) is 15.5. The molecule has 0 spiro atoms. The van der Waals surface area contributed by atoms with Crippen LogP contribution >= 0.6 is 11.3 Å². The zero-order chi connectivity index (χ0) is 18.2. The minimum atomic E-state index is 0.564. The third-order valence-electron chi connectivity index (χ3n) is 4.93. The van der Waals surface area contributed by atoms with E-state index in [1.165, 1.54) is 31.3 Å². The van der Waals surface area contributed by atoms with Crippen LogP contribution in [0.5, 0.6) is 0 Å². The SMILES string of the molecule is N=C(c1ccccc1)c1ccc2sc3cccc(-c4ccccc4)c3c2c1. The van der Waals surface area contributed by atoms with Crippen molar-refractivity contribution < 1.29 is 0 Å². The van der Waals surface area contributed by atoms with Gasteiger partial charge >= 0.3 is 0 Å². The fourth-order valence-corrected chi connectivity index (χ4v) is 4.72. The predicted octanol–water partition coefficient (Wildman–Crippen LogP) is 7.14. The lowest BCUT2D eigenvalue weighted by molar-refractivity contribution is 1.46. The largest absolute Gasteiger partial charge is 0.300 e. The van der Waals surface area contributed by atoms with Crippen molar-refractivity contribution in [1.29, 1.82) is 5.41 Å². The van der Waals surface area contributed by atoms with E-state index in [0.717, 1.165) is 11.1 Å². The Balaban J connectivity index is 1.75. The summed E-state index contributed by atoms with van der Waals surface area (Å²) in [6.45, 7) is 0. The molecule has 2 heteroatoms. The minimum Gasteiger partial charge on any atom is -0.300 e. The van der Waals surface area contributed by atoms with Crippen molar-refractivity contribution in [2.75, 3.05) is 0 Å². The molecule has 0 unspecified atom stereocenters. The number of nitrogens with one attached hydrogen (secondary N) is 1. The number of thiophene rings is 1. The van der Waals surface area contributed by atoms with Gasteiger partial charge in [-0.2, -0.15) is 0 Å². The smallest absolute Gasteiger partial charge is 0.0684 e. The van der Waals surface area contributed by atoms with Crippen LogP contribution in [0.25, 0.3) is 31.3 Å². The maximum absolute atomic E-state index is 8.63. The third kappa shape index (κ3) is 2.75. The second-order valence-corrected chi connectivity index (χ2v) is 7.68. The summed E-state index contributed by atoms with van der Waals surface area (Å²) in [4.78, 5) is 0. The summed E-state index contributed by atoms with van der Waals surface area (Å²) in [5.74, 6) is 0. The maximum atomic E-state index is 8.63. The fraction of sp³-hybridized carbons (Fsp3) is 0. The van der Waals surface area contributed by atoms with E-state index in [-0.39, 0.29) is 0 Å². The van der Waals surface area contributed by atoms with Gasteiger partial charge in [-0.3, -0.25) is 5.41 Å². The first kappa shape index (κ1) is 16.0. The van der Waals surface area contributed by atoms with Crippen molar-refractivity contribution in [3.63, 3.8) is 0 Å². The van der Waals surface area contributed by atoms with Crippen LogP contribution in [0.15, 0.2) is 97.1 Å². The third-order valence-corrected chi connectivity index (χ3v) is 6.07. The van der Waals surface area contributed by atoms with Gasteiger partial charge in [0.2, 0.25) is 0 Å². The summed E-state index contributed by atoms with van der Waals surface area (Å²) in [6, 6.07) is 33.4. The second-order valence-electron chi connectivity index (χ2n) is 6.60. The van der Waals surface area contributed by atoms with Crippen molar-refractivity contribution in [1.82, 2.24) is 0 Å². The van der Waals surface area contributed by atoms with Crippen molar-refractivity contribution in [2.24, 2.45) is 0 Å². The van der Waals surface area contributed by atoms with Crippen LogP contribution in [-0.2, 0) is 0 Å². The molecule has 0 saturated heterocycles. The van der Waals surface area contributed by atoms with Gasteiger partial charge in [-0.05, 0) is 34.9 Å². The topological polar surface area (TPSA) is 23.9 Å². The molecule has 0 aliphatic heterocycles. The predicted molar refractivity (Wildman–Crippen MR) is 117 cm³/mol. The number of benzene rings is 4. The molecule has 0 aliphatic carbocycles. The van der Waals surface area contributed by atoms with E-state index in [4.69, 9.17) is 5.41 Å². The van der Waals surface area contributed by atoms with Crippen molar-refractivity contribution in [2.45, 2.75) is 0 Å². The Bertz CT molecular complexity index is 1270. The first-order valence-electron chi connectivity index (χ1n) is 8.96. The van der Waals surface area contributed by atoms with Gasteiger partial charge in [0, 0.05) is 25.7 Å². The molecule has 1 nitrogen and oxygen atoms in total. The number of fused-ring (bicyclic) bond motifs is 3. The molecule has 0 radical (unpaired) electrons. The van der Waals surface area contributed by atoms with Gasteiger partial charge in [-0.25, -0.2) is 0 Å². The molecule has 1 heterocycles. The van der Waals surface area contributed by atoms with Crippen molar-refractivity contribution in [3.8, 4) is 11.1 Å². The van der Waals surface area contributed by atoms with Crippen LogP contribution in [-0.4, -0.2) is 5.71 Å². The average molecular weight is 363 g/mol. The summed E-state index contributed by atoms with van der Waals surface area (Å²) in [6.07, 6.45) is 0. The Hall–Kier alpha value is -3.23. The van der Waals surface area contributed by atoms with Crippen LogP contribution in [0, 0.1) is 5.41 Å². The lowest BCUT2D eigenvalue weighted by Crippen LogP contribution is -2.00. The molecule has 0 bridgehead atoms. The summed E-state index contributed by atoms with van der Waals surface area (Å²) in [5.41, 5.74) is 4.94. The summed E-state index contributed by atoms with van der Waals surface area (Å²) in [5, 5.41) is 11.1. The van der Waals surface area contributed by atoms with E-state index in [1.807, 2.05) is 41.7 Å². The van der Waals surface area contributed by atoms with E-state index in [0.29, 0.717) is 5.71 Å². The molecular formula is C25H17NS. The highest BCUT2D eigenvalue weighted by Crippen LogP contribution is 2.40. The van der Waals surface area contributed by atoms with Crippen molar-refractivity contribution >= 4 is 37.2 Å². The molecule has 5 rings (SSSR count). The highest BCUT2D eigenvalue weighted by molar-refractivity contribution is 7.25. The first-order chi connectivity index (χ1) is 13.3. The van der Waals surface area contributed by atoms with Crippen LogP contribution in [0.1, 0.15) is 11.1 Å². The zero-order valence-electron chi connectivity index (χ0n) is 14.6. The minimum absolute atomic E-state index is 0.564. The quantitative estimate of drug-likeness (QED) is 0.329. The molecule has 1 aromatic heterocycles. The molecule has 4 aromatic carbocycles. The van der Waals surface area contributed by atoms with Crippen LogP contribution in [0.2, 0.25) is 0 Å². The first-order valence-corrected chi connectivity index (χ1v) is 9.78. The summed E-state index contributed by atoms with van der Waals surface area (Å²) in [7, 11) is 0. The Morgan fingerprint density at radius 1 is 0.630 bits per heavy atom. The molecule has 0 saturated carbocycles. The molecule has 0 amide bonds. The number of rotatable bonds is 3. The highest BCUT2D eigenvalue weighted by atomic mass is 32.1. The number of hydrogen-bond acceptors (Lipinski definition) is 2. The lowest BCUT2D eigenvalue weighted by atomic mass is 9.97. The van der Waals surface area contributed by atoms with Gasteiger partial charge in [-0.15, -0.1) is 11.3 Å². The van der Waals surface area contributed by atoms with Gasteiger partial charge in [0.05, 0.1) is 5.71 Å². The number of hydrogen-bond donors (Lipinski definition) is 1. The van der Waals surface area contributed by atoms with Gasteiger partial charge in [0.25, 0.3) is 0 Å². The Morgan fingerprint density at radius 2 is 1.37 bits per heavy atom. The Morgan fingerprint density at radius 3 is 2.15 bits per heavy atom. The molecular weight excluding hydrogens is 346 g/mol. The van der Waals surface area contributed by atoms with E-state index >= 15 is 0 Å². The van der Waals surface area contributed by atoms with Gasteiger partial charge in [0.15, 0.2) is 0 Å². The van der Waals surface area contributed by atoms with E-state index in [2.05, 4.69) is 66.7 Å². The van der Waals surface area contributed by atoms with Crippen LogP contribution in [0.4, 0.5) is 0 Å². The standard InChI is InChI=1S/C25H17NS/c26-25(18-10-5-2-6-11-18)19-14-15-22-21(16-19)24-20(12-7-13-23(24)27-22)17-8-3-1-4-9-17/h1-16,26H. The summed E-state index contributed by atoms with van der Waals surface area (Å²) >= 11 is 1.82. The second kappa shape index (κ2) is 6.49. The molecule has 27 heavy (non-hydrogen) atoms. The van der Waals surface area contributed by atoms with Crippen LogP contribution in [0.3, 0.4) is 0 Å². The highest BCUT2D eigenvalue weighted by Gasteiger charge is 2.13. The summed E-state index contributed by atoms with van der Waals surface area (Å²) < 4.78 is 2.55. The average Bonchev–Trinajstić information content (AvgIpc) is 3.12. The maximum Gasteiger partial charge on any atom is 0.0684 e.